The van der Waals surface area contributed by atoms with Crippen molar-refractivity contribution in [1.29, 1.82) is 0 Å². The summed E-state index contributed by atoms with van der Waals surface area (Å²) in [6, 6.07) is 6.24. The fraction of sp³-hybridized carbons (Fsp3) is 0.690. The van der Waals surface area contributed by atoms with E-state index >= 15 is 0 Å². The molecule has 3 atom stereocenters. The first kappa shape index (κ1) is 16.6. The molecule has 0 radical (unpaired) electrons. The molecule has 1 aliphatic carbocycles. The van der Waals surface area contributed by atoms with Crippen LogP contribution in [0.2, 0.25) is 0 Å². The standard InChI is InChI=1S/C29H41F2N5O/c1-19(2)27-34-33-20(3)36(27)25-17-23-9-10-24(18-25)35(23)16-13-26(21-7-5-4-6-8-21)32-28(37)22-11-14-29(30,31)15-12-22/h4-8,19,22-26H,9-18H2,1-3H3,(H,32,37)/i3D3,11D2,12D2,16D2,22D. The molecular formula is C29H41F2N5O. The van der Waals surface area contributed by atoms with Crippen LogP contribution in [0.4, 0.5) is 8.78 Å². The van der Waals surface area contributed by atoms with Crippen molar-refractivity contribution in [3.8, 4) is 0 Å². The number of benzene rings is 1. The largest absolute Gasteiger partial charge is 0.349 e. The van der Waals surface area contributed by atoms with Gasteiger partial charge in [-0.1, -0.05) is 44.2 Å². The molecule has 8 heteroatoms. The number of fused-ring (bicyclic) bond motifs is 2. The lowest BCUT2D eigenvalue weighted by atomic mass is 9.86. The zero-order chi connectivity index (χ0) is 35.0. The molecule has 1 aromatic heterocycles. The lowest BCUT2D eigenvalue weighted by molar-refractivity contribution is -0.130. The van der Waals surface area contributed by atoms with Gasteiger partial charge in [0.15, 0.2) is 0 Å². The number of hydrogen-bond donors (Lipinski definition) is 1. The third-order valence-electron chi connectivity index (χ3n) is 7.57. The number of piperidine rings is 1. The molecule has 202 valence electrons. The number of aromatic nitrogens is 3. The van der Waals surface area contributed by atoms with Gasteiger partial charge >= 0.3 is 0 Å². The molecule has 0 spiro atoms. The molecule has 1 saturated carbocycles. The van der Waals surface area contributed by atoms with Crippen LogP contribution in [-0.4, -0.2) is 50.1 Å². The highest BCUT2D eigenvalue weighted by atomic mass is 19.3. The summed E-state index contributed by atoms with van der Waals surface area (Å²) in [7, 11) is 0. The Morgan fingerprint density at radius 2 is 1.86 bits per heavy atom. The minimum Gasteiger partial charge on any atom is -0.349 e. The van der Waals surface area contributed by atoms with Crippen LogP contribution in [0.3, 0.4) is 0 Å². The second-order valence-electron chi connectivity index (χ2n) is 10.6. The average Bonchev–Trinajstić information content (AvgIpc) is 3.51. The number of aryl methyl sites for hydroxylation is 1. The van der Waals surface area contributed by atoms with Crippen molar-refractivity contribution in [2.75, 3.05) is 6.50 Å². The van der Waals surface area contributed by atoms with Crippen LogP contribution in [-0.2, 0) is 4.79 Å². The van der Waals surface area contributed by atoms with Gasteiger partial charge in [0.1, 0.15) is 11.6 Å². The van der Waals surface area contributed by atoms with Crippen LogP contribution in [0.1, 0.15) is 120 Å². The highest BCUT2D eigenvalue weighted by molar-refractivity contribution is 5.79. The first-order valence-electron chi connectivity index (χ1n) is 18.0. The topological polar surface area (TPSA) is 63.1 Å². The number of carbonyl (C=O) groups excluding carboxylic acids is 1. The van der Waals surface area contributed by atoms with E-state index in [0.717, 1.165) is 0 Å². The van der Waals surface area contributed by atoms with E-state index in [9.17, 15) is 16.3 Å². The van der Waals surface area contributed by atoms with Crippen molar-refractivity contribution in [1.82, 2.24) is 25.0 Å². The van der Waals surface area contributed by atoms with Gasteiger partial charge in [-0.25, -0.2) is 8.78 Å². The van der Waals surface area contributed by atoms with E-state index in [-0.39, 0.29) is 36.3 Å². The average molecular weight is 524 g/mol. The van der Waals surface area contributed by atoms with Gasteiger partial charge in [0.25, 0.3) is 0 Å². The van der Waals surface area contributed by atoms with E-state index in [1.807, 2.05) is 13.8 Å². The summed E-state index contributed by atoms with van der Waals surface area (Å²) in [5.41, 5.74) is 0.422. The van der Waals surface area contributed by atoms with Crippen LogP contribution in [0.25, 0.3) is 0 Å². The van der Waals surface area contributed by atoms with Crippen molar-refractivity contribution in [2.45, 2.75) is 114 Å². The van der Waals surface area contributed by atoms with Crippen LogP contribution in [0.15, 0.2) is 30.3 Å². The molecule has 2 bridgehead atoms. The van der Waals surface area contributed by atoms with Crippen molar-refractivity contribution in [3.63, 3.8) is 0 Å². The molecule has 3 heterocycles. The summed E-state index contributed by atoms with van der Waals surface area (Å²) in [5, 5.41) is 10.7. The fourth-order valence-electron chi connectivity index (χ4n) is 5.76. The number of halogens is 2. The van der Waals surface area contributed by atoms with Gasteiger partial charge in [-0.2, -0.15) is 0 Å². The summed E-state index contributed by atoms with van der Waals surface area (Å²) in [6.07, 6.45) is -7.65. The van der Waals surface area contributed by atoms with Gasteiger partial charge in [-0.15, -0.1) is 10.2 Å². The van der Waals surface area contributed by atoms with Gasteiger partial charge in [-0.05, 0) is 57.3 Å². The molecule has 3 unspecified atom stereocenters. The minimum atomic E-state index is -3.76. The predicted molar refractivity (Wildman–Crippen MR) is 139 cm³/mol. The molecule has 2 aliphatic heterocycles. The summed E-state index contributed by atoms with van der Waals surface area (Å²) < 4.78 is 114. The second kappa shape index (κ2) is 10.8. The van der Waals surface area contributed by atoms with Crippen LogP contribution >= 0.6 is 0 Å². The van der Waals surface area contributed by atoms with Crippen LogP contribution in [0, 0.1) is 12.7 Å². The third-order valence-corrected chi connectivity index (χ3v) is 7.57. The number of hydrogen-bond acceptors (Lipinski definition) is 4. The minimum absolute atomic E-state index is 0.0935. The number of nitrogens with zero attached hydrogens (tertiary/aromatic N) is 4. The zero-order valence-electron chi connectivity index (χ0n) is 31.2. The Bertz CT molecular complexity index is 1430. The maximum absolute atomic E-state index is 14.3. The zero-order valence-corrected chi connectivity index (χ0v) is 21.2. The van der Waals surface area contributed by atoms with Gasteiger partial charge in [0.2, 0.25) is 11.8 Å². The molecule has 1 amide bonds. The Balaban J connectivity index is 1.42. The molecule has 6 nitrogen and oxygen atoms in total. The molecule has 2 aromatic rings. The van der Waals surface area contributed by atoms with E-state index < -0.39 is 62.7 Å². The van der Waals surface area contributed by atoms with Crippen molar-refractivity contribution in [3.05, 3.63) is 47.5 Å². The molecule has 3 fully saturated rings. The van der Waals surface area contributed by atoms with Gasteiger partial charge < -0.3 is 9.88 Å². The van der Waals surface area contributed by atoms with Crippen molar-refractivity contribution in [2.24, 2.45) is 5.89 Å². The lowest BCUT2D eigenvalue weighted by Gasteiger charge is -2.40. The Kier molecular flexibility index (Phi) is 4.84. The number of amides is 1. The number of rotatable bonds is 8. The van der Waals surface area contributed by atoms with Crippen LogP contribution in [0.5, 0.6) is 0 Å². The highest BCUT2D eigenvalue weighted by Crippen LogP contribution is 2.42. The molecular weight excluding hydrogens is 472 g/mol. The lowest BCUT2D eigenvalue weighted by Crippen LogP contribution is -2.45. The summed E-state index contributed by atoms with van der Waals surface area (Å²) in [6.45, 7) is -0.749. The number of carbonyl (C=O) groups is 1. The number of nitrogens with one attached hydrogen (secondary N) is 1. The maximum Gasteiger partial charge on any atom is 0.248 e. The maximum atomic E-state index is 14.3. The monoisotopic (exact) mass is 523 g/mol. The fourth-order valence-corrected chi connectivity index (χ4v) is 5.76. The Morgan fingerprint density at radius 1 is 1.19 bits per heavy atom. The predicted octanol–water partition coefficient (Wildman–Crippen LogP) is 5.95. The van der Waals surface area contributed by atoms with Gasteiger partial charge in [0, 0.05) is 63.0 Å². The van der Waals surface area contributed by atoms with E-state index in [4.69, 9.17) is 11.0 Å². The Morgan fingerprint density at radius 3 is 2.49 bits per heavy atom. The summed E-state index contributed by atoms with van der Waals surface area (Å²) in [5.74, 6) is -8.06. The molecule has 5 rings (SSSR count). The quantitative estimate of drug-likeness (QED) is 0.464. The van der Waals surface area contributed by atoms with Gasteiger partial charge in [0.05, 0.1) is 6.04 Å². The van der Waals surface area contributed by atoms with Gasteiger partial charge in [-0.3, -0.25) is 9.69 Å². The second-order valence-corrected chi connectivity index (χ2v) is 10.6. The van der Waals surface area contributed by atoms with E-state index in [1.165, 1.54) is 0 Å². The third kappa shape index (κ3) is 5.74. The molecule has 3 aliphatic rings. The smallest absolute Gasteiger partial charge is 0.248 e. The SMILES string of the molecule is [2H]C([2H])([2H])c1nnc(C(C)C)n1C1CC2CCC(C1)N2C([2H])([2H])CC(NC(=O)C1([2H])C([2H])([2H])CC(F)(F)CC1([2H])[2H])c1ccccc1. The summed E-state index contributed by atoms with van der Waals surface area (Å²) >= 11 is 0. The van der Waals surface area contributed by atoms with E-state index in [2.05, 4.69) is 15.5 Å². The molecule has 2 saturated heterocycles. The highest BCUT2D eigenvalue weighted by Gasteiger charge is 2.42. The van der Waals surface area contributed by atoms with E-state index in [1.54, 1.807) is 39.8 Å². The Hall–Kier alpha value is -2.35. The van der Waals surface area contributed by atoms with Crippen LogP contribution < -0.4 is 5.32 Å². The number of alkyl halides is 2. The molecule has 1 N–H and O–H groups in total. The molecule has 1 aromatic carbocycles. The van der Waals surface area contributed by atoms with Crippen molar-refractivity contribution < 1.29 is 27.3 Å². The molecule has 37 heavy (non-hydrogen) atoms. The van der Waals surface area contributed by atoms with E-state index in [0.29, 0.717) is 37.1 Å². The summed E-state index contributed by atoms with van der Waals surface area (Å²) in [4.78, 5) is 15.4. The first-order valence-corrected chi connectivity index (χ1v) is 13.0. The van der Waals surface area contributed by atoms with Crippen molar-refractivity contribution >= 4 is 5.91 Å². The normalized spacial score (nSPS) is 35.2. The Labute approximate surface area is 233 Å². The first-order chi connectivity index (χ1) is 21.5.